The summed E-state index contributed by atoms with van der Waals surface area (Å²) in [6.45, 7) is 4.26. The van der Waals surface area contributed by atoms with Crippen molar-refractivity contribution in [3.05, 3.63) is 11.3 Å². The predicted molar refractivity (Wildman–Crippen MR) is 59.5 cm³/mol. The number of rotatable bonds is 4. The molecule has 0 aromatic carbocycles. The number of nitrogens with zero attached hydrogens (tertiary/aromatic N) is 3. The topological polar surface area (TPSA) is 30.3 Å². The molecule has 2 rings (SSSR count). The van der Waals surface area contributed by atoms with Crippen molar-refractivity contribution in [2.75, 3.05) is 26.7 Å². The highest BCUT2D eigenvalue weighted by molar-refractivity contribution is 6.31. The first-order chi connectivity index (χ1) is 7.31. The third-order valence-electron chi connectivity index (χ3n) is 2.79. The molecule has 84 valence electrons. The van der Waals surface area contributed by atoms with Crippen molar-refractivity contribution in [1.82, 2.24) is 14.7 Å². The van der Waals surface area contributed by atoms with Gasteiger partial charge in [-0.25, -0.2) is 4.68 Å². The minimum Gasteiger partial charge on any atom is -0.492 e. The van der Waals surface area contributed by atoms with Gasteiger partial charge in [-0.2, -0.15) is 5.10 Å². The third-order valence-corrected chi connectivity index (χ3v) is 3.17. The normalized spacial score (nSPS) is 17.2. The largest absolute Gasteiger partial charge is 0.492 e. The van der Waals surface area contributed by atoms with Crippen molar-refractivity contribution < 1.29 is 4.74 Å². The Morgan fingerprint density at radius 3 is 2.73 bits per heavy atom. The predicted octanol–water partition coefficient (Wildman–Crippen LogP) is 1.64. The molecule has 0 N–H and O–H groups in total. The molecule has 1 aliphatic heterocycles. The first-order valence-corrected chi connectivity index (χ1v) is 5.66. The van der Waals surface area contributed by atoms with Gasteiger partial charge in [-0.15, -0.1) is 0 Å². The minimum absolute atomic E-state index is 0.594. The van der Waals surface area contributed by atoms with E-state index < -0.39 is 0 Å². The summed E-state index contributed by atoms with van der Waals surface area (Å²) < 4.78 is 6.86. The molecule has 1 fully saturated rings. The van der Waals surface area contributed by atoms with E-state index in [-0.39, 0.29) is 0 Å². The van der Waals surface area contributed by atoms with Gasteiger partial charge in [-0.3, -0.25) is 0 Å². The van der Waals surface area contributed by atoms with Gasteiger partial charge in [0, 0.05) is 6.54 Å². The average Bonchev–Trinajstić information content (AvgIpc) is 2.85. The van der Waals surface area contributed by atoms with E-state index in [4.69, 9.17) is 16.3 Å². The Balaban J connectivity index is 1.89. The Morgan fingerprint density at radius 2 is 2.13 bits per heavy atom. The van der Waals surface area contributed by atoms with Gasteiger partial charge >= 0.3 is 0 Å². The zero-order valence-corrected chi connectivity index (χ0v) is 9.70. The molecule has 1 aliphatic rings. The molecule has 0 atom stereocenters. The molecule has 0 radical (unpaired) electrons. The average molecular weight is 230 g/mol. The number of likely N-dealkylation sites (tertiary alicyclic amines) is 1. The molecule has 1 aromatic rings. The molecule has 1 saturated heterocycles. The van der Waals surface area contributed by atoms with E-state index in [1.807, 2.05) is 0 Å². The van der Waals surface area contributed by atoms with Crippen LogP contribution in [0.1, 0.15) is 12.8 Å². The fourth-order valence-electron chi connectivity index (χ4n) is 1.89. The number of halogens is 1. The van der Waals surface area contributed by atoms with Gasteiger partial charge in [0.15, 0.2) is 10.9 Å². The van der Waals surface area contributed by atoms with Crippen LogP contribution in [-0.4, -0.2) is 41.4 Å². The van der Waals surface area contributed by atoms with E-state index in [2.05, 4.69) is 10.00 Å². The summed E-state index contributed by atoms with van der Waals surface area (Å²) in [6.07, 6.45) is 4.29. The summed E-state index contributed by atoms with van der Waals surface area (Å²) in [4.78, 5) is 2.44. The summed E-state index contributed by atoms with van der Waals surface area (Å²) in [5, 5.41) is 4.77. The van der Waals surface area contributed by atoms with Crippen LogP contribution in [-0.2, 0) is 6.54 Å². The second-order valence-corrected chi connectivity index (χ2v) is 4.13. The molecule has 2 heterocycles. The molecule has 0 aliphatic carbocycles. The first-order valence-electron chi connectivity index (χ1n) is 5.29. The minimum atomic E-state index is 0.594. The highest BCUT2D eigenvalue weighted by Gasteiger charge is 2.13. The van der Waals surface area contributed by atoms with Crippen LogP contribution in [0.2, 0.25) is 5.15 Å². The number of aromatic nitrogens is 2. The zero-order valence-electron chi connectivity index (χ0n) is 8.95. The molecule has 0 amide bonds. The van der Waals surface area contributed by atoms with E-state index in [0.29, 0.717) is 10.9 Å². The lowest BCUT2D eigenvalue weighted by Gasteiger charge is -2.14. The lowest BCUT2D eigenvalue weighted by atomic mass is 10.4. The molecule has 5 heteroatoms. The van der Waals surface area contributed by atoms with Crippen molar-refractivity contribution in [1.29, 1.82) is 0 Å². The van der Waals surface area contributed by atoms with Crippen LogP contribution in [0.3, 0.4) is 0 Å². The van der Waals surface area contributed by atoms with Gasteiger partial charge in [0.25, 0.3) is 0 Å². The van der Waals surface area contributed by atoms with E-state index in [0.717, 1.165) is 13.1 Å². The fourth-order valence-corrected chi connectivity index (χ4v) is 2.14. The second kappa shape index (κ2) is 4.86. The Bertz CT molecular complexity index is 320. The quantitative estimate of drug-likeness (QED) is 0.787. The first kappa shape index (κ1) is 10.8. The number of hydrogen-bond donors (Lipinski definition) is 0. The van der Waals surface area contributed by atoms with Gasteiger partial charge in [-0.1, -0.05) is 11.6 Å². The van der Waals surface area contributed by atoms with E-state index >= 15 is 0 Å². The SMILES string of the molecule is COc1cnn(CCN2CCCC2)c1Cl. The number of methoxy groups -OCH3 is 1. The Labute approximate surface area is 94.8 Å². The molecular formula is C10H16ClN3O. The number of hydrogen-bond acceptors (Lipinski definition) is 3. The lowest BCUT2D eigenvalue weighted by Crippen LogP contribution is -2.24. The molecule has 15 heavy (non-hydrogen) atoms. The van der Waals surface area contributed by atoms with Crippen molar-refractivity contribution >= 4 is 11.6 Å². The second-order valence-electron chi connectivity index (χ2n) is 3.78. The van der Waals surface area contributed by atoms with Gasteiger partial charge in [0.05, 0.1) is 19.9 Å². The molecule has 1 aromatic heterocycles. The molecule has 0 unspecified atom stereocenters. The summed E-state index contributed by atoms with van der Waals surface area (Å²) in [5.74, 6) is 0.651. The van der Waals surface area contributed by atoms with E-state index in [9.17, 15) is 0 Å². The van der Waals surface area contributed by atoms with Crippen LogP contribution < -0.4 is 4.74 Å². The van der Waals surface area contributed by atoms with Crippen molar-refractivity contribution in [2.24, 2.45) is 0 Å². The monoisotopic (exact) mass is 229 g/mol. The smallest absolute Gasteiger partial charge is 0.175 e. The molecule has 4 nitrogen and oxygen atoms in total. The van der Waals surface area contributed by atoms with Crippen LogP contribution in [0.5, 0.6) is 5.75 Å². The maximum absolute atomic E-state index is 6.07. The van der Waals surface area contributed by atoms with Gasteiger partial charge in [0.1, 0.15) is 0 Å². The molecule has 0 bridgehead atoms. The Kier molecular flexibility index (Phi) is 3.49. The zero-order chi connectivity index (χ0) is 10.7. The van der Waals surface area contributed by atoms with Crippen LogP contribution in [0.4, 0.5) is 0 Å². The summed E-state index contributed by atoms with van der Waals surface area (Å²) in [6, 6.07) is 0. The Morgan fingerprint density at radius 1 is 1.40 bits per heavy atom. The highest BCUT2D eigenvalue weighted by Crippen LogP contribution is 2.22. The van der Waals surface area contributed by atoms with Gasteiger partial charge in [0.2, 0.25) is 0 Å². The molecular weight excluding hydrogens is 214 g/mol. The van der Waals surface area contributed by atoms with Crippen molar-refractivity contribution in [3.8, 4) is 5.75 Å². The molecule has 0 saturated carbocycles. The Hall–Kier alpha value is -0.740. The van der Waals surface area contributed by atoms with Gasteiger partial charge in [-0.05, 0) is 25.9 Å². The summed E-state index contributed by atoms with van der Waals surface area (Å²) in [7, 11) is 1.60. The van der Waals surface area contributed by atoms with Gasteiger partial charge < -0.3 is 9.64 Å². The standard InChI is InChI=1S/C10H16ClN3O/c1-15-9-8-12-14(10(9)11)7-6-13-4-2-3-5-13/h8H,2-7H2,1H3. The van der Waals surface area contributed by atoms with Crippen LogP contribution in [0.15, 0.2) is 6.20 Å². The molecule has 0 spiro atoms. The van der Waals surface area contributed by atoms with E-state index in [1.165, 1.54) is 25.9 Å². The summed E-state index contributed by atoms with van der Waals surface area (Å²) >= 11 is 6.07. The number of ether oxygens (including phenoxy) is 1. The van der Waals surface area contributed by atoms with Crippen LogP contribution >= 0.6 is 11.6 Å². The van der Waals surface area contributed by atoms with E-state index in [1.54, 1.807) is 18.0 Å². The maximum Gasteiger partial charge on any atom is 0.175 e. The maximum atomic E-state index is 6.07. The lowest BCUT2D eigenvalue weighted by molar-refractivity contribution is 0.315. The van der Waals surface area contributed by atoms with Crippen molar-refractivity contribution in [3.63, 3.8) is 0 Å². The third kappa shape index (κ3) is 2.44. The summed E-state index contributed by atoms with van der Waals surface area (Å²) in [5.41, 5.74) is 0. The fraction of sp³-hybridized carbons (Fsp3) is 0.700. The van der Waals surface area contributed by atoms with Crippen molar-refractivity contribution in [2.45, 2.75) is 19.4 Å². The van der Waals surface area contributed by atoms with Crippen LogP contribution in [0.25, 0.3) is 0 Å². The van der Waals surface area contributed by atoms with Crippen LogP contribution in [0, 0.1) is 0 Å². The highest BCUT2D eigenvalue weighted by atomic mass is 35.5.